The van der Waals surface area contributed by atoms with Crippen LogP contribution in [0.1, 0.15) is 6.92 Å². The van der Waals surface area contributed by atoms with Gasteiger partial charge in [0, 0.05) is 9.47 Å². The summed E-state index contributed by atoms with van der Waals surface area (Å²) in [5, 5.41) is 8.04. The van der Waals surface area contributed by atoms with Crippen LogP contribution in [0.4, 0.5) is 0 Å². The van der Waals surface area contributed by atoms with Gasteiger partial charge in [-0.15, -0.1) is 0 Å². The fraction of sp³-hybridized carbons (Fsp3) is 0.667. The van der Waals surface area contributed by atoms with Crippen molar-refractivity contribution >= 4 is 15.4 Å². The summed E-state index contributed by atoms with van der Waals surface area (Å²) in [5.41, 5.74) is 0. The van der Waals surface area contributed by atoms with Gasteiger partial charge in [0.2, 0.25) is 0 Å². The van der Waals surface area contributed by atoms with Crippen molar-refractivity contribution in [3.05, 3.63) is 0 Å². The maximum atomic E-state index is 9.79. The molecule has 0 aliphatic carbocycles. The lowest BCUT2D eigenvalue weighted by Gasteiger charge is -1.98. The van der Waals surface area contributed by atoms with Crippen LogP contribution in [0, 0.1) is 0 Å². The molecule has 1 N–H and O–H groups in total. The molecule has 0 aliphatic rings. The van der Waals surface area contributed by atoms with Gasteiger partial charge in [0.15, 0.2) is 6.10 Å². The molecule has 42 valence electrons. The zero-order valence-electron chi connectivity index (χ0n) is 3.92. The number of rotatable bonds is 2. The van der Waals surface area contributed by atoms with Crippen LogP contribution in [-0.4, -0.2) is 17.2 Å². The first-order valence-electron chi connectivity index (χ1n) is 1.77. The average molecular weight is 122 g/mol. The van der Waals surface area contributed by atoms with Crippen LogP contribution >= 0.6 is 9.47 Å². The van der Waals surface area contributed by atoms with Gasteiger partial charge in [-0.25, -0.2) is 4.79 Å². The van der Waals surface area contributed by atoms with Gasteiger partial charge in [-0.1, -0.05) is 0 Å². The Hall–Kier alpha value is -0.140. The maximum absolute atomic E-state index is 9.79. The Morgan fingerprint density at radius 3 is 2.43 bits per heavy atom. The third kappa shape index (κ3) is 2.54. The molecule has 0 spiro atoms. The lowest BCUT2D eigenvalue weighted by Crippen LogP contribution is -2.14. The fourth-order valence-corrected chi connectivity index (χ4v) is 0.175. The first-order valence-corrected chi connectivity index (χ1v) is 2.24. The topological polar surface area (TPSA) is 46.5 Å². The molecule has 0 amide bonds. The Morgan fingerprint density at radius 2 is 2.43 bits per heavy atom. The second-order valence-corrected chi connectivity index (χ2v) is 1.39. The third-order valence-corrected chi connectivity index (χ3v) is 0.960. The van der Waals surface area contributed by atoms with E-state index >= 15 is 0 Å². The number of carboxylic acid groups (broad SMARTS) is 1. The minimum absolute atomic E-state index is 0.718. The standard InChI is InChI=1S/C3H7O3P/c1-2(6-7)3(4)5/h2H,7H2,1H3,(H,4,5). The summed E-state index contributed by atoms with van der Waals surface area (Å²) in [5.74, 6) is -0.949. The van der Waals surface area contributed by atoms with Gasteiger partial charge >= 0.3 is 5.97 Å². The van der Waals surface area contributed by atoms with Crippen LogP contribution in [0.3, 0.4) is 0 Å². The number of aliphatic carboxylic acids is 1. The molecule has 0 rings (SSSR count). The summed E-state index contributed by atoms with van der Waals surface area (Å²) in [6.07, 6.45) is -0.718. The normalized spacial score (nSPS) is 13.4. The zero-order valence-corrected chi connectivity index (χ0v) is 5.07. The Labute approximate surface area is 44.0 Å². The molecule has 0 heterocycles. The molecule has 0 aliphatic heterocycles. The largest absolute Gasteiger partial charge is 0.479 e. The predicted octanol–water partition coefficient (Wildman–Crippen LogP) is 0.266. The molecule has 4 heteroatoms. The molecule has 2 unspecified atom stereocenters. The van der Waals surface area contributed by atoms with Crippen molar-refractivity contribution in [3.8, 4) is 0 Å². The molecule has 0 saturated heterocycles. The third-order valence-electron chi connectivity index (χ3n) is 0.552. The Kier molecular flexibility index (Phi) is 2.88. The van der Waals surface area contributed by atoms with Gasteiger partial charge in [0.25, 0.3) is 0 Å². The Balaban J connectivity index is 3.34. The minimum Gasteiger partial charge on any atom is -0.479 e. The quantitative estimate of drug-likeness (QED) is 0.534. The lowest BCUT2D eigenvalue weighted by atomic mass is 10.4. The van der Waals surface area contributed by atoms with E-state index in [4.69, 9.17) is 5.11 Å². The SMILES string of the molecule is CC(OP)C(=O)O. The van der Waals surface area contributed by atoms with Crippen LogP contribution in [0.25, 0.3) is 0 Å². The van der Waals surface area contributed by atoms with E-state index in [1.165, 1.54) is 6.92 Å². The van der Waals surface area contributed by atoms with Crippen LogP contribution in [-0.2, 0) is 9.32 Å². The highest BCUT2D eigenvalue weighted by Crippen LogP contribution is 1.94. The summed E-state index contributed by atoms with van der Waals surface area (Å²) < 4.78 is 4.33. The van der Waals surface area contributed by atoms with Gasteiger partial charge in [-0.3, -0.25) is 0 Å². The van der Waals surface area contributed by atoms with Gasteiger partial charge in [0.05, 0.1) is 0 Å². The molecular weight excluding hydrogens is 115 g/mol. The maximum Gasteiger partial charge on any atom is 0.332 e. The fourth-order valence-electron chi connectivity index (χ4n) is 0.0582. The van der Waals surface area contributed by atoms with E-state index in [1.54, 1.807) is 0 Å². The van der Waals surface area contributed by atoms with E-state index < -0.39 is 12.1 Å². The number of hydrogen-bond acceptors (Lipinski definition) is 2. The number of hydrogen-bond donors (Lipinski definition) is 1. The molecule has 7 heavy (non-hydrogen) atoms. The molecular formula is C3H7O3P. The van der Waals surface area contributed by atoms with Crippen molar-refractivity contribution in [1.82, 2.24) is 0 Å². The van der Waals surface area contributed by atoms with Crippen molar-refractivity contribution in [2.75, 3.05) is 0 Å². The second-order valence-electron chi connectivity index (χ2n) is 1.12. The van der Waals surface area contributed by atoms with E-state index in [-0.39, 0.29) is 0 Å². The predicted molar refractivity (Wildman–Crippen MR) is 27.9 cm³/mol. The highest BCUT2D eigenvalue weighted by Gasteiger charge is 2.06. The van der Waals surface area contributed by atoms with Gasteiger partial charge < -0.3 is 9.63 Å². The van der Waals surface area contributed by atoms with Crippen molar-refractivity contribution in [2.45, 2.75) is 13.0 Å². The van der Waals surface area contributed by atoms with Crippen molar-refractivity contribution in [3.63, 3.8) is 0 Å². The van der Waals surface area contributed by atoms with Crippen molar-refractivity contribution in [2.24, 2.45) is 0 Å². The van der Waals surface area contributed by atoms with Gasteiger partial charge in [-0.05, 0) is 6.92 Å². The van der Waals surface area contributed by atoms with Crippen LogP contribution in [0.5, 0.6) is 0 Å². The van der Waals surface area contributed by atoms with Crippen LogP contribution in [0.2, 0.25) is 0 Å². The molecule has 0 bridgehead atoms. The van der Waals surface area contributed by atoms with Crippen molar-refractivity contribution < 1.29 is 14.4 Å². The Bertz CT molecular complexity index is 72.6. The number of carbonyl (C=O) groups is 1. The first-order chi connectivity index (χ1) is 3.18. The van der Waals surface area contributed by atoms with Crippen molar-refractivity contribution in [1.29, 1.82) is 0 Å². The van der Waals surface area contributed by atoms with Crippen LogP contribution in [0.15, 0.2) is 0 Å². The molecule has 0 fully saturated rings. The van der Waals surface area contributed by atoms with E-state index in [1.807, 2.05) is 9.47 Å². The van der Waals surface area contributed by atoms with Gasteiger partial charge in [0.1, 0.15) is 0 Å². The Morgan fingerprint density at radius 1 is 2.00 bits per heavy atom. The zero-order chi connectivity index (χ0) is 5.86. The average Bonchev–Trinajstić information content (AvgIpc) is 1.65. The molecule has 0 radical (unpaired) electrons. The summed E-state index contributed by atoms with van der Waals surface area (Å²) in [7, 11) is 1.88. The van der Waals surface area contributed by atoms with Gasteiger partial charge in [-0.2, -0.15) is 0 Å². The summed E-state index contributed by atoms with van der Waals surface area (Å²) in [6, 6.07) is 0. The summed E-state index contributed by atoms with van der Waals surface area (Å²) in [6.45, 7) is 1.45. The minimum atomic E-state index is -0.949. The summed E-state index contributed by atoms with van der Waals surface area (Å²) in [4.78, 5) is 9.79. The molecule has 0 saturated carbocycles. The van der Waals surface area contributed by atoms with E-state index in [9.17, 15) is 4.79 Å². The molecule has 2 atom stereocenters. The van der Waals surface area contributed by atoms with E-state index in [2.05, 4.69) is 4.52 Å². The van der Waals surface area contributed by atoms with E-state index in [0.29, 0.717) is 0 Å². The lowest BCUT2D eigenvalue weighted by molar-refractivity contribution is -0.143. The van der Waals surface area contributed by atoms with E-state index in [0.717, 1.165) is 0 Å². The second kappa shape index (κ2) is 2.94. The highest BCUT2D eigenvalue weighted by atomic mass is 31.0. The molecule has 0 aromatic rings. The molecule has 0 aromatic carbocycles. The number of carboxylic acids is 1. The first kappa shape index (κ1) is 6.86. The summed E-state index contributed by atoms with van der Waals surface area (Å²) >= 11 is 0. The smallest absolute Gasteiger partial charge is 0.332 e. The van der Waals surface area contributed by atoms with Crippen LogP contribution < -0.4 is 0 Å². The highest BCUT2D eigenvalue weighted by molar-refractivity contribution is 7.09. The monoisotopic (exact) mass is 122 g/mol. The molecule has 3 nitrogen and oxygen atoms in total. The molecule has 0 aromatic heterocycles.